The number of carboxylic acids is 1. The highest BCUT2D eigenvalue weighted by Gasteiger charge is 2.39. The maximum Gasteiger partial charge on any atom is 0.410 e. The molecule has 1 aromatic heterocycles. The average Bonchev–Trinajstić information content (AvgIpc) is 3.37. The molecule has 1 aromatic rings. The number of likely N-dealkylation sites (N-methyl/N-ethyl adjacent to an activating group) is 2. The van der Waals surface area contributed by atoms with E-state index in [9.17, 15) is 29.1 Å². The number of hydrogen-bond acceptors (Lipinski definition) is 9. The number of carboxylic acid groups (broad SMARTS) is 1. The molecule has 5 atom stereocenters. The third-order valence-corrected chi connectivity index (χ3v) is 8.11. The molecule has 43 heavy (non-hydrogen) atoms. The quantitative estimate of drug-likeness (QED) is 0.279. The van der Waals surface area contributed by atoms with Crippen molar-refractivity contribution in [1.82, 2.24) is 20.1 Å². The second-order valence-corrected chi connectivity index (χ2v) is 13.5. The van der Waals surface area contributed by atoms with E-state index in [2.05, 4.69) is 10.3 Å². The third-order valence-electron chi connectivity index (χ3n) is 7.17. The SMILES string of the molecule is CCC(C)C(NC(=O)C(C(C)C)N(C)C(=O)OC(C)(C)C)C(=O)N(C)C(CC(OC(C)=O)c1nc(C(=O)O)cs1)C(C)C. The van der Waals surface area contributed by atoms with Crippen molar-refractivity contribution in [3.63, 3.8) is 0 Å². The van der Waals surface area contributed by atoms with E-state index in [0.717, 1.165) is 11.3 Å². The number of hydrogen-bond donors (Lipinski definition) is 2. The lowest BCUT2D eigenvalue weighted by Crippen LogP contribution is -2.59. The van der Waals surface area contributed by atoms with Crippen LogP contribution in [0.5, 0.6) is 0 Å². The predicted octanol–water partition coefficient (Wildman–Crippen LogP) is 4.74. The number of aromatic carboxylic acids is 1. The molecule has 0 fully saturated rings. The summed E-state index contributed by atoms with van der Waals surface area (Å²) in [6.07, 6.45) is -0.751. The standard InChI is InChI=1S/C30H50N4O8S/c1-13-18(6)23(32-25(36)24(17(4)5)34(12)29(40)42-30(8,9)10)27(37)33(11)21(16(2)3)14-22(41-19(7)35)26-31-20(15-43-26)28(38)39/h15-18,21-24H,13-14H2,1-12H3,(H,32,36)(H,38,39). The molecule has 0 aliphatic carbocycles. The number of thiazole rings is 1. The first-order valence-electron chi connectivity index (χ1n) is 14.6. The maximum absolute atomic E-state index is 14.0. The number of amides is 3. The number of esters is 1. The molecule has 0 bridgehead atoms. The van der Waals surface area contributed by atoms with Crippen LogP contribution in [-0.2, 0) is 23.9 Å². The molecule has 0 aromatic carbocycles. The summed E-state index contributed by atoms with van der Waals surface area (Å²) in [6, 6.07) is -2.24. The van der Waals surface area contributed by atoms with Gasteiger partial charge in [-0.3, -0.25) is 19.3 Å². The van der Waals surface area contributed by atoms with Crippen LogP contribution in [0.1, 0.15) is 104 Å². The highest BCUT2D eigenvalue weighted by Crippen LogP contribution is 2.31. The van der Waals surface area contributed by atoms with Gasteiger partial charge in [-0.2, -0.15) is 0 Å². The summed E-state index contributed by atoms with van der Waals surface area (Å²) < 4.78 is 11.0. The number of carbonyl (C=O) groups excluding carboxylic acids is 4. The van der Waals surface area contributed by atoms with Crippen LogP contribution in [-0.4, -0.2) is 87.6 Å². The topological polar surface area (TPSA) is 155 Å². The number of aromatic nitrogens is 1. The molecule has 2 N–H and O–H groups in total. The van der Waals surface area contributed by atoms with Gasteiger partial charge >= 0.3 is 18.0 Å². The van der Waals surface area contributed by atoms with Gasteiger partial charge in [-0.15, -0.1) is 11.3 Å². The van der Waals surface area contributed by atoms with Crippen LogP contribution in [0.25, 0.3) is 0 Å². The summed E-state index contributed by atoms with van der Waals surface area (Å²) in [5.74, 6) is -3.18. The number of carbonyl (C=O) groups is 5. The lowest BCUT2D eigenvalue weighted by molar-refractivity contribution is -0.149. The van der Waals surface area contributed by atoms with Crippen LogP contribution >= 0.6 is 11.3 Å². The van der Waals surface area contributed by atoms with E-state index in [0.29, 0.717) is 11.4 Å². The van der Waals surface area contributed by atoms with Crippen LogP contribution in [0.2, 0.25) is 0 Å². The van der Waals surface area contributed by atoms with E-state index in [1.54, 1.807) is 32.7 Å². The van der Waals surface area contributed by atoms with E-state index < -0.39 is 53.8 Å². The van der Waals surface area contributed by atoms with E-state index in [-0.39, 0.29) is 35.8 Å². The second-order valence-electron chi connectivity index (χ2n) is 12.6. The Morgan fingerprint density at radius 3 is 2.02 bits per heavy atom. The summed E-state index contributed by atoms with van der Waals surface area (Å²) in [5, 5.41) is 13.9. The molecule has 0 saturated heterocycles. The minimum absolute atomic E-state index is 0.0964. The third kappa shape index (κ3) is 11.1. The highest BCUT2D eigenvalue weighted by molar-refractivity contribution is 7.09. The van der Waals surface area contributed by atoms with Crippen molar-refractivity contribution in [3.8, 4) is 0 Å². The first-order valence-corrected chi connectivity index (χ1v) is 15.5. The Hall–Kier alpha value is -3.22. The molecule has 0 aliphatic heterocycles. The zero-order valence-electron chi connectivity index (χ0n) is 27.6. The molecule has 1 rings (SSSR count). The van der Waals surface area contributed by atoms with Gasteiger partial charge in [-0.25, -0.2) is 14.6 Å². The van der Waals surface area contributed by atoms with Crippen molar-refractivity contribution in [2.45, 2.75) is 112 Å². The molecule has 12 nitrogen and oxygen atoms in total. The van der Waals surface area contributed by atoms with Crippen LogP contribution in [0, 0.1) is 17.8 Å². The number of nitrogens with one attached hydrogen (secondary N) is 1. The highest BCUT2D eigenvalue weighted by atomic mass is 32.1. The molecule has 244 valence electrons. The lowest BCUT2D eigenvalue weighted by atomic mass is 9.92. The normalized spacial score (nSPS) is 15.2. The maximum atomic E-state index is 14.0. The molecule has 0 spiro atoms. The molecular formula is C30H50N4O8S. The summed E-state index contributed by atoms with van der Waals surface area (Å²) >= 11 is 1.07. The van der Waals surface area contributed by atoms with Gasteiger partial charge in [0.2, 0.25) is 11.8 Å². The van der Waals surface area contributed by atoms with Gasteiger partial charge < -0.3 is 24.8 Å². The van der Waals surface area contributed by atoms with Gasteiger partial charge in [-0.1, -0.05) is 48.0 Å². The fourth-order valence-electron chi connectivity index (χ4n) is 4.71. The molecule has 1 heterocycles. The first-order chi connectivity index (χ1) is 19.7. The molecule has 0 radical (unpaired) electrons. The molecule has 5 unspecified atom stereocenters. The van der Waals surface area contributed by atoms with E-state index >= 15 is 0 Å². The van der Waals surface area contributed by atoms with Crippen molar-refractivity contribution >= 4 is 41.2 Å². The van der Waals surface area contributed by atoms with Crippen molar-refractivity contribution in [1.29, 1.82) is 0 Å². The molecule has 13 heteroatoms. The molecular weight excluding hydrogens is 576 g/mol. The fourth-order valence-corrected chi connectivity index (χ4v) is 5.54. The summed E-state index contributed by atoms with van der Waals surface area (Å²) in [5.41, 5.74) is -0.899. The largest absolute Gasteiger partial charge is 0.476 e. The zero-order chi connectivity index (χ0) is 33.4. The summed E-state index contributed by atoms with van der Waals surface area (Å²) in [7, 11) is 3.14. The van der Waals surface area contributed by atoms with Gasteiger partial charge in [0.25, 0.3) is 0 Å². The Bertz CT molecular complexity index is 1130. The van der Waals surface area contributed by atoms with E-state index in [4.69, 9.17) is 9.47 Å². The number of rotatable bonds is 14. The zero-order valence-corrected chi connectivity index (χ0v) is 28.4. The smallest absolute Gasteiger partial charge is 0.410 e. The van der Waals surface area contributed by atoms with Gasteiger partial charge in [-0.05, 0) is 38.5 Å². The van der Waals surface area contributed by atoms with Crippen LogP contribution in [0.3, 0.4) is 0 Å². The Kier molecular flexibility index (Phi) is 14.1. The Morgan fingerprint density at radius 2 is 1.60 bits per heavy atom. The Balaban J connectivity index is 3.33. The van der Waals surface area contributed by atoms with Crippen molar-refractivity contribution in [2.24, 2.45) is 17.8 Å². The van der Waals surface area contributed by atoms with Crippen molar-refractivity contribution < 1.29 is 38.6 Å². The molecule has 0 aliphatic rings. The van der Waals surface area contributed by atoms with Gasteiger partial charge in [0.1, 0.15) is 22.7 Å². The van der Waals surface area contributed by atoms with Gasteiger partial charge in [0.15, 0.2) is 11.8 Å². The predicted molar refractivity (Wildman–Crippen MR) is 164 cm³/mol. The first kappa shape index (κ1) is 37.8. The van der Waals surface area contributed by atoms with Gasteiger partial charge in [0, 0.05) is 38.9 Å². The van der Waals surface area contributed by atoms with Crippen molar-refractivity contribution in [3.05, 3.63) is 16.1 Å². The average molecular weight is 627 g/mol. The second kappa shape index (κ2) is 16.0. The van der Waals surface area contributed by atoms with E-state index in [1.807, 2.05) is 41.5 Å². The van der Waals surface area contributed by atoms with E-state index in [1.165, 1.54) is 24.3 Å². The summed E-state index contributed by atoms with van der Waals surface area (Å²) in [6.45, 7) is 17.7. The Morgan fingerprint density at radius 1 is 1.02 bits per heavy atom. The number of nitrogens with zero attached hydrogens (tertiary/aromatic N) is 3. The minimum Gasteiger partial charge on any atom is -0.476 e. The summed E-state index contributed by atoms with van der Waals surface area (Å²) in [4.78, 5) is 70.8. The number of ether oxygens (including phenoxy) is 2. The lowest BCUT2D eigenvalue weighted by Gasteiger charge is -2.38. The molecule has 3 amide bonds. The van der Waals surface area contributed by atoms with Crippen LogP contribution < -0.4 is 5.32 Å². The van der Waals surface area contributed by atoms with Crippen molar-refractivity contribution in [2.75, 3.05) is 14.1 Å². The monoisotopic (exact) mass is 626 g/mol. The molecule has 0 saturated carbocycles. The Labute approximate surface area is 259 Å². The minimum atomic E-state index is -1.19. The fraction of sp³-hybridized carbons (Fsp3) is 0.733. The van der Waals surface area contributed by atoms with Gasteiger partial charge in [0.05, 0.1) is 0 Å². The van der Waals surface area contributed by atoms with Crippen LogP contribution in [0.4, 0.5) is 4.79 Å². The van der Waals surface area contributed by atoms with Crippen LogP contribution in [0.15, 0.2) is 5.38 Å².